The molecule has 1 saturated heterocycles. The zero-order valence-corrected chi connectivity index (χ0v) is 15.0. The van der Waals surface area contributed by atoms with Crippen LogP contribution in [0.2, 0.25) is 0 Å². The predicted octanol–water partition coefficient (Wildman–Crippen LogP) is 2.17. The SMILES string of the molecule is COC1CC(CC(=O)O)N(C(=O)c2cn(C)nc2C2CCCCC2)C1. The molecular formula is C18H27N3O4. The van der Waals surface area contributed by atoms with E-state index in [-0.39, 0.29) is 24.5 Å². The number of amides is 1. The van der Waals surface area contributed by atoms with E-state index in [1.807, 2.05) is 7.05 Å². The molecule has 1 aliphatic carbocycles. The topological polar surface area (TPSA) is 84.7 Å². The van der Waals surface area contributed by atoms with Crippen LogP contribution in [-0.4, -0.2) is 57.5 Å². The van der Waals surface area contributed by atoms with Gasteiger partial charge in [0, 0.05) is 38.9 Å². The lowest BCUT2D eigenvalue weighted by molar-refractivity contribution is -0.137. The molecule has 1 aromatic rings. The zero-order valence-electron chi connectivity index (χ0n) is 15.0. The molecular weight excluding hydrogens is 322 g/mol. The first-order chi connectivity index (χ1) is 12.0. The Bertz CT molecular complexity index is 636. The number of rotatable bonds is 5. The summed E-state index contributed by atoms with van der Waals surface area (Å²) in [6.45, 7) is 0.437. The average Bonchev–Trinajstić information content (AvgIpc) is 3.18. The lowest BCUT2D eigenvalue weighted by Crippen LogP contribution is -2.37. The molecule has 1 aliphatic heterocycles. The van der Waals surface area contributed by atoms with Crippen LogP contribution in [-0.2, 0) is 16.6 Å². The van der Waals surface area contributed by atoms with E-state index in [0.29, 0.717) is 24.4 Å². The van der Waals surface area contributed by atoms with Crippen molar-refractivity contribution in [3.8, 4) is 0 Å². The molecule has 1 saturated carbocycles. The van der Waals surface area contributed by atoms with Gasteiger partial charge in [-0.3, -0.25) is 14.3 Å². The van der Waals surface area contributed by atoms with Crippen LogP contribution in [0, 0.1) is 0 Å². The number of nitrogens with zero attached hydrogens (tertiary/aromatic N) is 3. The third-order valence-electron chi connectivity index (χ3n) is 5.46. The summed E-state index contributed by atoms with van der Waals surface area (Å²) >= 11 is 0. The van der Waals surface area contributed by atoms with E-state index in [1.54, 1.807) is 22.9 Å². The Morgan fingerprint density at radius 2 is 2.04 bits per heavy atom. The van der Waals surface area contributed by atoms with E-state index in [4.69, 9.17) is 4.74 Å². The van der Waals surface area contributed by atoms with Crippen LogP contribution < -0.4 is 0 Å². The van der Waals surface area contributed by atoms with Crippen molar-refractivity contribution >= 4 is 11.9 Å². The highest BCUT2D eigenvalue weighted by molar-refractivity contribution is 5.96. The number of hydrogen-bond donors (Lipinski definition) is 1. The number of aromatic nitrogens is 2. The number of likely N-dealkylation sites (tertiary alicyclic amines) is 1. The second-order valence-corrected chi connectivity index (χ2v) is 7.24. The van der Waals surface area contributed by atoms with Gasteiger partial charge in [0.15, 0.2) is 0 Å². The van der Waals surface area contributed by atoms with Gasteiger partial charge < -0.3 is 14.7 Å². The highest BCUT2D eigenvalue weighted by Crippen LogP contribution is 2.35. The molecule has 2 aliphatic rings. The van der Waals surface area contributed by atoms with E-state index in [9.17, 15) is 14.7 Å². The molecule has 1 aromatic heterocycles. The number of carbonyl (C=O) groups is 2. The Balaban J connectivity index is 1.85. The minimum atomic E-state index is -0.891. The van der Waals surface area contributed by atoms with Crippen molar-refractivity contribution in [2.75, 3.05) is 13.7 Å². The van der Waals surface area contributed by atoms with Crippen LogP contribution in [0.3, 0.4) is 0 Å². The van der Waals surface area contributed by atoms with Crippen LogP contribution in [0.1, 0.15) is 66.9 Å². The third kappa shape index (κ3) is 3.86. The fraction of sp³-hybridized carbons (Fsp3) is 0.722. The number of carboxylic acids is 1. The van der Waals surface area contributed by atoms with Crippen molar-refractivity contribution < 1.29 is 19.4 Å². The minimum Gasteiger partial charge on any atom is -0.481 e. The molecule has 1 amide bonds. The molecule has 2 unspecified atom stereocenters. The molecule has 1 N–H and O–H groups in total. The van der Waals surface area contributed by atoms with Gasteiger partial charge in [-0.25, -0.2) is 0 Å². The normalized spacial score (nSPS) is 24.6. The van der Waals surface area contributed by atoms with Crippen LogP contribution in [0.5, 0.6) is 0 Å². The second-order valence-electron chi connectivity index (χ2n) is 7.24. The van der Waals surface area contributed by atoms with Crippen LogP contribution in [0.4, 0.5) is 0 Å². The molecule has 0 aromatic carbocycles. The van der Waals surface area contributed by atoms with Crippen LogP contribution >= 0.6 is 0 Å². The number of aryl methyl sites for hydroxylation is 1. The molecule has 2 atom stereocenters. The molecule has 0 bridgehead atoms. The fourth-order valence-corrected chi connectivity index (χ4v) is 4.19. The van der Waals surface area contributed by atoms with E-state index in [2.05, 4.69) is 5.10 Å². The first-order valence-electron chi connectivity index (χ1n) is 9.08. The molecule has 3 rings (SSSR count). The van der Waals surface area contributed by atoms with Gasteiger partial charge in [0.2, 0.25) is 0 Å². The summed E-state index contributed by atoms with van der Waals surface area (Å²) in [5.41, 5.74) is 1.50. The Kier molecular flexibility index (Phi) is 5.42. The maximum atomic E-state index is 13.2. The number of carboxylic acid groups (broad SMARTS) is 1. The van der Waals surface area contributed by atoms with Crippen LogP contribution in [0.25, 0.3) is 0 Å². The molecule has 138 valence electrons. The van der Waals surface area contributed by atoms with E-state index < -0.39 is 5.97 Å². The summed E-state index contributed by atoms with van der Waals surface area (Å²) in [6.07, 6.45) is 7.91. The summed E-state index contributed by atoms with van der Waals surface area (Å²) in [7, 11) is 3.44. The van der Waals surface area contributed by atoms with E-state index in [1.165, 1.54) is 19.3 Å². The first kappa shape index (κ1) is 17.9. The highest BCUT2D eigenvalue weighted by Gasteiger charge is 2.38. The van der Waals surface area contributed by atoms with Gasteiger partial charge >= 0.3 is 5.97 Å². The summed E-state index contributed by atoms with van der Waals surface area (Å²) in [4.78, 5) is 26.1. The smallest absolute Gasteiger partial charge is 0.305 e. The number of aliphatic carboxylic acids is 1. The molecule has 0 spiro atoms. The largest absolute Gasteiger partial charge is 0.481 e. The molecule has 7 heteroatoms. The predicted molar refractivity (Wildman–Crippen MR) is 91.5 cm³/mol. The van der Waals surface area contributed by atoms with Gasteiger partial charge in [0.25, 0.3) is 5.91 Å². The van der Waals surface area contributed by atoms with Crippen molar-refractivity contribution in [3.05, 3.63) is 17.5 Å². The molecule has 2 fully saturated rings. The van der Waals surface area contributed by atoms with Gasteiger partial charge in [-0.2, -0.15) is 5.10 Å². The van der Waals surface area contributed by atoms with Crippen molar-refractivity contribution in [2.24, 2.45) is 7.05 Å². The second kappa shape index (κ2) is 7.56. The lowest BCUT2D eigenvalue weighted by atomic mass is 9.85. The number of methoxy groups -OCH3 is 1. The Hall–Kier alpha value is -1.89. The maximum Gasteiger partial charge on any atom is 0.305 e. The van der Waals surface area contributed by atoms with Crippen molar-refractivity contribution in [1.82, 2.24) is 14.7 Å². The van der Waals surface area contributed by atoms with Gasteiger partial charge in [0.05, 0.1) is 23.8 Å². The van der Waals surface area contributed by atoms with Gasteiger partial charge in [-0.15, -0.1) is 0 Å². The third-order valence-corrected chi connectivity index (χ3v) is 5.46. The average molecular weight is 349 g/mol. The maximum absolute atomic E-state index is 13.2. The number of ether oxygens (including phenoxy) is 1. The molecule has 7 nitrogen and oxygen atoms in total. The molecule has 0 radical (unpaired) electrons. The zero-order chi connectivity index (χ0) is 18.0. The monoisotopic (exact) mass is 349 g/mol. The summed E-state index contributed by atoms with van der Waals surface area (Å²) in [6, 6.07) is -0.325. The van der Waals surface area contributed by atoms with Crippen molar-refractivity contribution in [2.45, 2.75) is 63.0 Å². The van der Waals surface area contributed by atoms with Gasteiger partial charge in [0.1, 0.15) is 0 Å². The standard InChI is InChI=1S/C18H27N3O4/c1-20-11-15(17(19-20)12-6-4-3-5-7-12)18(24)21-10-14(25-2)8-13(21)9-16(22)23/h11-14H,3-10H2,1-2H3,(H,22,23). The Labute approximate surface area is 147 Å². The van der Waals surface area contributed by atoms with Gasteiger partial charge in [-0.05, 0) is 19.3 Å². The highest BCUT2D eigenvalue weighted by atomic mass is 16.5. The Morgan fingerprint density at radius 3 is 2.68 bits per heavy atom. The summed E-state index contributed by atoms with van der Waals surface area (Å²) in [5.74, 6) is -0.676. The number of carbonyl (C=O) groups excluding carboxylic acids is 1. The van der Waals surface area contributed by atoms with E-state index in [0.717, 1.165) is 18.5 Å². The first-order valence-corrected chi connectivity index (χ1v) is 9.08. The summed E-state index contributed by atoms with van der Waals surface area (Å²) < 4.78 is 7.08. The van der Waals surface area contributed by atoms with Crippen LogP contribution in [0.15, 0.2) is 6.20 Å². The van der Waals surface area contributed by atoms with Crippen molar-refractivity contribution in [3.63, 3.8) is 0 Å². The number of hydrogen-bond acceptors (Lipinski definition) is 4. The Morgan fingerprint density at radius 1 is 1.32 bits per heavy atom. The quantitative estimate of drug-likeness (QED) is 0.881. The molecule has 2 heterocycles. The summed E-state index contributed by atoms with van der Waals surface area (Å²) in [5, 5.41) is 13.7. The minimum absolute atomic E-state index is 0.0510. The van der Waals surface area contributed by atoms with E-state index >= 15 is 0 Å². The lowest BCUT2D eigenvalue weighted by Gasteiger charge is -2.25. The van der Waals surface area contributed by atoms with Crippen molar-refractivity contribution in [1.29, 1.82) is 0 Å². The fourth-order valence-electron chi connectivity index (χ4n) is 4.19. The molecule has 25 heavy (non-hydrogen) atoms. The van der Waals surface area contributed by atoms with Gasteiger partial charge in [-0.1, -0.05) is 19.3 Å².